The van der Waals surface area contributed by atoms with Crippen LogP contribution in [0.15, 0.2) is 16.7 Å². The molecule has 0 N–H and O–H groups in total. The number of amides is 1. The molecule has 2 aliphatic rings. The summed E-state index contributed by atoms with van der Waals surface area (Å²) in [5.74, 6) is -3.07. The first kappa shape index (κ1) is 19.2. The van der Waals surface area contributed by atoms with E-state index in [2.05, 4.69) is 14.7 Å². The van der Waals surface area contributed by atoms with E-state index in [1.165, 1.54) is 11.0 Å². The third kappa shape index (κ3) is 3.28. The van der Waals surface area contributed by atoms with Gasteiger partial charge < -0.3 is 14.2 Å². The van der Waals surface area contributed by atoms with Crippen molar-refractivity contribution in [3.63, 3.8) is 0 Å². The average molecular weight is 410 g/mol. The molecular weight excluding hydrogens is 396 g/mol. The van der Waals surface area contributed by atoms with E-state index in [1.54, 1.807) is 6.92 Å². The number of carbonyl (C=O) groups is 1. The number of fused-ring (bicyclic) bond motifs is 1. The van der Waals surface area contributed by atoms with E-state index in [9.17, 15) is 27.6 Å². The molecule has 1 atom stereocenters. The molecule has 29 heavy (non-hydrogen) atoms. The van der Waals surface area contributed by atoms with E-state index in [0.29, 0.717) is 12.8 Å². The van der Waals surface area contributed by atoms with Crippen molar-refractivity contribution in [2.45, 2.75) is 38.5 Å². The summed E-state index contributed by atoms with van der Waals surface area (Å²) in [6, 6.07) is 3.87. The molecule has 0 spiro atoms. The lowest BCUT2D eigenvalue weighted by Crippen LogP contribution is -2.43. The van der Waals surface area contributed by atoms with Crippen LogP contribution in [0.1, 0.15) is 31.2 Å². The summed E-state index contributed by atoms with van der Waals surface area (Å²) in [6.45, 7) is 1.62. The van der Waals surface area contributed by atoms with Gasteiger partial charge in [-0.2, -0.15) is 23.4 Å². The molecule has 1 aromatic carbocycles. The summed E-state index contributed by atoms with van der Waals surface area (Å²) in [5.41, 5.74) is -1.04. The van der Waals surface area contributed by atoms with Crippen molar-refractivity contribution >= 4 is 5.91 Å². The van der Waals surface area contributed by atoms with Gasteiger partial charge in [0.25, 0.3) is 0 Å². The number of nitrogens with zero attached hydrogens (tertiary/aromatic N) is 4. The Kier molecular flexibility index (Phi) is 4.25. The summed E-state index contributed by atoms with van der Waals surface area (Å²) >= 11 is 0. The highest BCUT2D eigenvalue weighted by atomic mass is 19.4. The molecular formula is C18H14F4N4O3. The maximum Gasteiger partial charge on any atom is 0.471 e. The maximum atomic E-state index is 14.8. The van der Waals surface area contributed by atoms with Crippen LogP contribution in [0.4, 0.5) is 17.6 Å². The van der Waals surface area contributed by atoms with Crippen LogP contribution >= 0.6 is 0 Å². The van der Waals surface area contributed by atoms with E-state index in [1.807, 2.05) is 6.07 Å². The lowest BCUT2D eigenvalue weighted by atomic mass is 10.0. The Balaban J connectivity index is 1.67. The molecule has 1 fully saturated rings. The van der Waals surface area contributed by atoms with E-state index < -0.39 is 35.2 Å². The zero-order chi connectivity index (χ0) is 21.0. The Morgan fingerprint density at radius 3 is 2.69 bits per heavy atom. The fourth-order valence-electron chi connectivity index (χ4n) is 3.15. The largest absolute Gasteiger partial charge is 0.491 e. The van der Waals surface area contributed by atoms with Crippen molar-refractivity contribution < 1.29 is 31.6 Å². The van der Waals surface area contributed by atoms with E-state index in [4.69, 9.17) is 4.74 Å². The molecule has 0 radical (unpaired) electrons. The molecule has 1 amide bonds. The number of nitriles is 1. The van der Waals surface area contributed by atoms with E-state index in [-0.39, 0.29) is 35.9 Å². The summed E-state index contributed by atoms with van der Waals surface area (Å²) in [7, 11) is 0. The van der Waals surface area contributed by atoms with Gasteiger partial charge in [-0.05, 0) is 31.9 Å². The third-order valence-electron chi connectivity index (χ3n) is 5.06. The molecule has 11 heteroatoms. The van der Waals surface area contributed by atoms with Gasteiger partial charge in [0.2, 0.25) is 11.7 Å². The highest BCUT2D eigenvalue weighted by Crippen LogP contribution is 2.47. The Bertz CT molecular complexity index is 1020. The molecule has 2 heterocycles. The number of benzene rings is 1. The number of aromatic nitrogens is 2. The van der Waals surface area contributed by atoms with Gasteiger partial charge in [0.15, 0.2) is 0 Å². The van der Waals surface area contributed by atoms with Crippen molar-refractivity contribution in [2.24, 2.45) is 5.41 Å². The fourth-order valence-corrected chi connectivity index (χ4v) is 3.15. The Hall–Kier alpha value is -3.16. The number of hydrogen-bond acceptors (Lipinski definition) is 6. The topological polar surface area (TPSA) is 92.2 Å². The predicted molar refractivity (Wildman–Crippen MR) is 87.5 cm³/mol. The lowest BCUT2D eigenvalue weighted by Gasteiger charge is -2.28. The molecule has 0 unspecified atom stereocenters. The Labute approximate surface area is 161 Å². The summed E-state index contributed by atoms with van der Waals surface area (Å²) in [4.78, 5) is 17.4. The van der Waals surface area contributed by atoms with Crippen LogP contribution < -0.4 is 4.74 Å². The summed E-state index contributed by atoms with van der Waals surface area (Å²) < 4.78 is 62.6. The molecule has 7 nitrogen and oxygen atoms in total. The van der Waals surface area contributed by atoms with Crippen molar-refractivity contribution in [3.05, 3.63) is 29.4 Å². The highest BCUT2D eigenvalue weighted by Gasteiger charge is 2.53. The first-order valence-corrected chi connectivity index (χ1v) is 8.73. The lowest BCUT2D eigenvalue weighted by molar-refractivity contribution is -0.159. The van der Waals surface area contributed by atoms with Crippen LogP contribution in [-0.2, 0) is 17.5 Å². The average Bonchev–Trinajstić information content (AvgIpc) is 3.34. The van der Waals surface area contributed by atoms with E-state index >= 15 is 0 Å². The number of carbonyl (C=O) groups excluding carboxylic acids is 1. The van der Waals surface area contributed by atoms with Gasteiger partial charge in [-0.1, -0.05) is 5.16 Å². The second kappa shape index (κ2) is 6.43. The molecule has 152 valence electrons. The van der Waals surface area contributed by atoms with Crippen molar-refractivity contribution in [1.82, 2.24) is 15.0 Å². The molecule has 0 saturated heterocycles. The fraction of sp³-hybridized carbons (Fsp3) is 0.444. The number of hydrogen-bond donors (Lipinski definition) is 0. The van der Waals surface area contributed by atoms with Crippen molar-refractivity contribution in [2.75, 3.05) is 6.61 Å². The van der Waals surface area contributed by atoms with Gasteiger partial charge in [-0.3, -0.25) is 4.79 Å². The van der Waals surface area contributed by atoms with Gasteiger partial charge in [-0.15, -0.1) is 0 Å². The van der Waals surface area contributed by atoms with Crippen LogP contribution in [0, 0.1) is 22.6 Å². The smallest absolute Gasteiger partial charge is 0.471 e. The molecule has 0 bridgehead atoms. The molecule has 4 rings (SSSR count). The van der Waals surface area contributed by atoms with Crippen LogP contribution in [0.5, 0.6) is 5.75 Å². The molecule has 1 aliphatic carbocycles. The van der Waals surface area contributed by atoms with Crippen LogP contribution in [0.3, 0.4) is 0 Å². The minimum absolute atomic E-state index is 0.0309. The molecule has 2 aromatic rings. The van der Waals surface area contributed by atoms with Crippen LogP contribution in [0.25, 0.3) is 11.4 Å². The maximum absolute atomic E-state index is 14.8. The number of halogens is 4. The van der Waals surface area contributed by atoms with Crippen molar-refractivity contribution in [1.29, 1.82) is 5.26 Å². The summed E-state index contributed by atoms with van der Waals surface area (Å²) in [6.07, 6.45) is -3.90. The second-order valence-corrected chi connectivity index (χ2v) is 7.14. The minimum Gasteiger partial charge on any atom is -0.491 e. The van der Waals surface area contributed by atoms with Gasteiger partial charge >= 0.3 is 12.1 Å². The van der Waals surface area contributed by atoms with Crippen LogP contribution in [0.2, 0.25) is 0 Å². The first-order chi connectivity index (χ1) is 13.6. The number of ether oxygens (including phenoxy) is 1. The van der Waals surface area contributed by atoms with Gasteiger partial charge in [0.05, 0.1) is 18.7 Å². The van der Waals surface area contributed by atoms with Crippen LogP contribution in [-0.4, -0.2) is 33.6 Å². The molecule has 1 saturated carbocycles. The van der Waals surface area contributed by atoms with Gasteiger partial charge in [0.1, 0.15) is 23.6 Å². The Morgan fingerprint density at radius 2 is 2.10 bits per heavy atom. The van der Waals surface area contributed by atoms with Gasteiger partial charge in [-0.25, -0.2) is 4.39 Å². The standard InChI is InChI=1S/C18H14F4N4O3/c1-9-7-28-13-5-10(14-24-15(29-25-14)18(20,21)22)4-12(19)11(13)6-26(9)16(27)17(8-23)2-3-17/h4-5,9H,2-3,6-7H2,1H3/t9-/m0/s1. The minimum atomic E-state index is -4.82. The molecule has 1 aliphatic heterocycles. The third-order valence-corrected chi connectivity index (χ3v) is 5.06. The summed E-state index contributed by atoms with van der Waals surface area (Å²) in [5, 5.41) is 12.5. The predicted octanol–water partition coefficient (Wildman–Crippen LogP) is 3.31. The Morgan fingerprint density at radius 1 is 1.38 bits per heavy atom. The normalized spacial score (nSPS) is 20.3. The zero-order valence-electron chi connectivity index (χ0n) is 15.1. The molecule has 1 aromatic heterocycles. The second-order valence-electron chi connectivity index (χ2n) is 7.14. The highest BCUT2D eigenvalue weighted by molar-refractivity contribution is 5.88. The van der Waals surface area contributed by atoms with Crippen molar-refractivity contribution in [3.8, 4) is 23.2 Å². The SMILES string of the molecule is C[C@H]1COc2cc(-c3noc(C(F)(F)F)n3)cc(F)c2CN1C(=O)C1(C#N)CC1. The monoisotopic (exact) mass is 410 g/mol. The number of alkyl halides is 3. The number of rotatable bonds is 2. The quantitative estimate of drug-likeness (QED) is 0.706. The first-order valence-electron chi connectivity index (χ1n) is 8.73. The van der Waals surface area contributed by atoms with E-state index in [0.717, 1.165) is 6.07 Å². The zero-order valence-corrected chi connectivity index (χ0v) is 15.1. The van der Waals surface area contributed by atoms with Gasteiger partial charge in [0, 0.05) is 11.1 Å².